The van der Waals surface area contributed by atoms with E-state index in [4.69, 9.17) is 0 Å². The average molecular weight is 435 g/mol. The van der Waals surface area contributed by atoms with E-state index in [9.17, 15) is 8.42 Å². The van der Waals surface area contributed by atoms with E-state index in [1.54, 1.807) is 12.1 Å². The van der Waals surface area contributed by atoms with Crippen molar-refractivity contribution in [2.45, 2.75) is 127 Å². The number of benzene rings is 1. The Hall–Kier alpha value is -1.09. The van der Waals surface area contributed by atoms with Gasteiger partial charge in [0.2, 0.25) is 0 Å². The lowest BCUT2D eigenvalue weighted by Gasteiger charge is -2.16. The lowest BCUT2D eigenvalue weighted by molar-refractivity contribution is 0.538. The highest BCUT2D eigenvalue weighted by atomic mass is 32.2. The molecule has 3 heteroatoms. The highest BCUT2D eigenvalue weighted by Gasteiger charge is 2.24. The zero-order valence-electron chi connectivity index (χ0n) is 19.7. The van der Waals surface area contributed by atoms with Gasteiger partial charge in [-0.25, -0.2) is 8.42 Å². The van der Waals surface area contributed by atoms with Crippen molar-refractivity contribution in [2.75, 3.05) is 0 Å². The van der Waals surface area contributed by atoms with Gasteiger partial charge in [0.1, 0.15) is 0 Å². The molecule has 0 amide bonds. The lowest BCUT2D eigenvalue weighted by atomic mass is 10.1. The van der Waals surface area contributed by atoms with Crippen molar-refractivity contribution in [3.63, 3.8) is 0 Å². The Kier molecular flexibility index (Phi) is 15.8. The van der Waals surface area contributed by atoms with Crippen molar-refractivity contribution < 1.29 is 8.42 Å². The first kappa shape index (κ1) is 26.9. The number of sulfone groups is 1. The van der Waals surface area contributed by atoms with Crippen LogP contribution in [0.1, 0.15) is 117 Å². The molecule has 1 unspecified atom stereocenters. The molecule has 0 spiro atoms. The Morgan fingerprint density at radius 2 is 1.20 bits per heavy atom. The normalized spacial score (nSPS) is 13.1. The molecule has 1 rings (SSSR count). The van der Waals surface area contributed by atoms with E-state index in [0.29, 0.717) is 11.3 Å². The molecular formula is C27H46O2S. The van der Waals surface area contributed by atoms with Crippen LogP contribution >= 0.6 is 0 Å². The summed E-state index contributed by atoms with van der Waals surface area (Å²) in [6.45, 7) is 4.26. The minimum Gasteiger partial charge on any atom is -0.223 e. The van der Waals surface area contributed by atoms with Gasteiger partial charge >= 0.3 is 0 Å². The molecule has 0 bridgehead atoms. The van der Waals surface area contributed by atoms with Crippen molar-refractivity contribution >= 4 is 9.84 Å². The van der Waals surface area contributed by atoms with E-state index >= 15 is 0 Å². The Bertz CT molecular complexity index is 634. The van der Waals surface area contributed by atoms with Crippen LogP contribution < -0.4 is 0 Å². The maximum Gasteiger partial charge on any atom is 0.181 e. The number of allylic oxidation sites excluding steroid dienone is 2. The van der Waals surface area contributed by atoms with Crippen LogP contribution in [0.15, 0.2) is 47.4 Å². The minimum absolute atomic E-state index is 0.239. The van der Waals surface area contributed by atoms with Crippen LogP contribution in [0.2, 0.25) is 0 Å². The Labute approximate surface area is 187 Å². The van der Waals surface area contributed by atoms with Crippen LogP contribution in [0.4, 0.5) is 0 Å². The smallest absolute Gasteiger partial charge is 0.181 e. The minimum atomic E-state index is -3.18. The number of rotatable bonds is 19. The standard InChI is InChI=1S/C27H46O2S/c1-3-5-6-7-8-9-10-11-12-13-14-15-16-17-18-20-23-26(4-2)30(28,29)27-24-21-19-22-25-27/h11-12,19,21-22,24-26H,3-10,13-18,20,23H2,1-2H3/b12-11-. The molecule has 0 N–H and O–H groups in total. The van der Waals surface area contributed by atoms with Gasteiger partial charge in [0.25, 0.3) is 0 Å². The number of hydrogen-bond donors (Lipinski definition) is 0. The maximum absolute atomic E-state index is 12.7. The molecule has 0 heterocycles. The highest BCUT2D eigenvalue weighted by molar-refractivity contribution is 7.92. The van der Waals surface area contributed by atoms with Gasteiger partial charge in [-0.2, -0.15) is 0 Å². The van der Waals surface area contributed by atoms with Gasteiger partial charge < -0.3 is 0 Å². The summed E-state index contributed by atoms with van der Waals surface area (Å²) in [4.78, 5) is 0.474. The third-order valence-corrected chi connectivity index (χ3v) is 8.38. The quantitative estimate of drug-likeness (QED) is 0.161. The first-order chi connectivity index (χ1) is 14.6. The zero-order valence-corrected chi connectivity index (χ0v) is 20.5. The third kappa shape index (κ3) is 11.9. The fraction of sp³-hybridized carbons (Fsp3) is 0.704. The second-order valence-corrected chi connectivity index (χ2v) is 10.8. The zero-order chi connectivity index (χ0) is 21.9. The SMILES string of the molecule is CCCCCCCC/C=C\CCCCCCCCC(CC)S(=O)(=O)c1ccccc1. The van der Waals surface area contributed by atoms with Crippen LogP contribution in [-0.2, 0) is 9.84 Å². The van der Waals surface area contributed by atoms with Crippen LogP contribution in [0, 0.1) is 0 Å². The largest absolute Gasteiger partial charge is 0.223 e. The first-order valence-electron chi connectivity index (χ1n) is 12.6. The van der Waals surface area contributed by atoms with Crippen molar-refractivity contribution in [2.24, 2.45) is 0 Å². The van der Waals surface area contributed by atoms with E-state index in [1.165, 1.54) is 77.0 Å². The van der Waals surface area contributed by atoms with Crippen molar-refractivity contribution in [1.29, 1.82) is 0 Å². The monoisotopic (exact) mass is 434 g/mol. The first-order valence-corrected chi connectivity index (χ1v) is 14.1. The molecule has 0 saturated carbocycles. The fourth-order valence-corrected chi connectivity index (χ4v) is 5.84. The van der Waals surface area contributed by atoms with Crippen molar-refractivity contribution in [1.82, 2.24) is 0 Å². The molecule has 0 aliphatic heterocycles. The predicted octanol–water partition coefficient (Wildman–Crippen LogP) is 8.67. The van der Waals surface area contributed by atoms with Crippen molar-refractivity contribution in [3.8, 4) is 0 Å². The number of unbranched alkanes of at least 4 members (excludes halogenated alkanes) is 12. The van der Waals surface area contributed by atoms with E-state index in [-0.39, 0.29) is 5.25 Å². The molecule has 0 fully saturated rings. The number of hydrogen-bond acceptors (Lipinski definition) is 2. The summed E-state index contributed by atoms with van der Waals surface area (Å²) in [6, 6.07) is 8.93. The van der Waals surface area contributed by atoms with Gasteiger partial charge in [-0.15, -0.1) is 0 Å². The molecule has 1 aromatic rings. The second kappa shape index (κ2) is 17.6. The Balaban J connectivity index is 2.02. The van der Waals surface area contributed by atoms with Gasteiger partial charge in [-0.1, -0.05) is 108 Å². The average Bonchev–Trinajstić information content (AvgIpc) is 2.76. The second-order valence-electron chi connectivity index (χ2n) is 8.61. The van der Waals surface area contributed by atoms with Gasteiger partial charge in [0.05, 0.1) is 10.1 Å². The summed E-state index contributed by atoms with van der Waals surface area (Å²) in [5, 5.41) is -0.239. The summed E-state index contributed by atoms with van der Waals surface area (Å²) < 4.78 is 25.5. The summed E-state index contributed by atoms with van der Waals surface area (Å²) >= 11 is 0. The Morgan fingerprint density at radius 1 is 0.700 bits per heavy atom. The molecular weight excluding hydrogens is 388 g/mol. The predicted molar refractivity (Wildman–Crippen MR) is 132 cm³/mol. The molecule has 0 aliphatic rings. The summed E-state index contributed by atoms with van der Waals surface area (Å²) in [5.74, 6) is 0. The third-order valence-electron chi connectivity index (χ3n) is 6.00. The van der Waals surface area contributed by atoms with Gasteiger partial charge in [-0.05, 0) is 50.7 Å². The topological polar surface area (TPSA) is 34.1 Å². The molecule has 0 saturated heterocycles. The van der Waals surface area contributed by atoms with E-state index in [2.05, 4.69) is 19.1 Å². The maximum atomic E-state index is 12.7. The van der Waals surface area contributed by atoms with E-state index in [0.717, 1.165) is 19.3 Å². The molecule has 0 aromatic heterocycles. The van der Waals surface area contributed by atoms with Crippen molar-refractivity contribution in [3.05, 3.63) is 42.5 Å². The van der Waals surface area contributed by atoms with Crippen LogP contribution in [0.5, 0.6) is 0 Å². The molecule has 0 radical (unpaired) electrons. The molecule has 1 atom stereocenters. The molecule has 1 aromatic carbocycles. The molecule has 172 valence electrons. The lowest BCUT2D eigenvalue weighted by Crippen LogP contribution is -2.20. The summed E-state index contributed by atoms with van der Waals surface area (Å²) in [7, 11) is -3.18. The molecule has 2 nitrogen and oxygen atoms in total. The summed E-state index contributed by atoms with van der Waals surface area (Å²) in [6.07, 6.45) is 24.2. The fourth-order valence-electron chi connectivity index (χ4n) is 4.00. The van der Waals surface area contributed by atoms with Gasteiger partial charge in [0, 0.05) is 0 Å². The van der Waals surface area contributed by atoms with Gasteiger partial charge in [0.15, 0.2) is 9.84 Å². The van der Waals surface area contributed by atoms with E-state index in [1.807, 2.05) is 25.1 Å². The molecule has 0 aliphatic carbocycles. The van der Waals surface area contributed by atoms with Crippen LogP contribution in [0.3, 0.4) is 0 Å². The summed E-state index contributed by atoms with van der Waals surface area (Å²) in [5.41, 5.74) is 0. The molecule has 30 heavy (non-hydrogen) atoms. The van der Waals surface area contributed by atoms with Crippen LogP contribution in [0.25, 0.3) is 0 Å². The van der Waals surface area contributed by atoms with Gasteiger partial charge in [-0.3, -0.25) is 0 Å². The van der Waals surface area contributed by atoms with Crippen LogP contribution in [-0.4, -0.2) is 13.7 Å². The van der Waals surface area contributed by atoms with E-state index < -0.39 is 9.84 Å². The highest BCUT2D eigenvalue weighted by Crippen LogP contribution is 2.23. The Morgan fingerprint density at radius 3 is 1.73 bits per heavy atom.